The Morgan fingerprint density at radius 1 is 1.27 bits per heavy atom. The summed E-state index contributed by atoms with van der Waals surface area (Å²) in [6, 6.07) is 7.32. The molecule has 2 aromatic heterocycles. The Bertz CT molecular complexity index is 1550. The van der Waals surface area contributed by atoms with Crippen molar-refractivity contribution in [2.24, 2.45) is 13.0 Å². The van der Waals surface area contributed by atoms with Crippen LogP contribution in [0.2, 0.25) is 0 Å². The molecule has 0 radical (unpaired) electrons. The summed E-state index contributed by atoms with van der Waals surface area (Å²) in [4.78, 5) is 18.8. The Hall–Kier alpha value is -2.98. The molecular formula is C25H33N5O7S3. The number of hydrogen-bond donors (Lipinski definition) is 2. The fourth-order valence-corrected chi connectivity index (χ4v) is 7.78. The minimum Gasteiger partial charge on any atom is -0.488 e. The van der Waals surface area contributed by atoms with E-state index in [9.17, 15) is 26.7 Å². The number of aliphatic hydroxyl groups is 1. The lowest BCUT2D eigenvalue weighted by Gasteiger charge is -2.33. The van der Waals surface area contributed by atoms with Crippen molar-refractivity contribution < 1.29 is 31.5 Å². The second-order valence-electron chi connectivity index (χ2n) is 9.91. The number of sulfonamides is 2. The van der Waals surface area contributed by atoms with Gasteiger partial charge in [-0.2, -0.15) is 12.7 Å². The molecule has 218 valence electrons. The van der Waals surface area contributed by atoms with Gasteiger partial charge in [0.2, 0.25) is 5.91 Å². The number of carbonyl (C=O) groups excluding carboxylic acids is 1. The molecule has 15 heteroatoms. The van der Waals surface area contributed by atoms with Crippen LogP contribution in [0.5, 0.6) is 5.75 Å². The fourth-order valence-electron chi connectivity index (χ4n) is 4.36. The van der Waals surface area contributed by atoms with Gasteiger partial charge in [-0.15, -0.1) is 11.3 Å². The summed E-state index contributed by atoms with van der Waals surface area (Å²) in [7, 11) is -4.60. The van der Waals surface area contributed by atoms with Crippen molar-refractivity contribution in [3.05, 3.63) is 53.8 Å². The number of amides is 1. The summed E-state index contributed by atoms with van der Waals surface area (Å²) in [6.45, 7) is 3.56. The average Bonchev–Trinajstić information content (AvgIpc) is 3.60. The third-order valence-electron chi connectivity index (χ3n) is 6.72. The van der Waals surface area contributed by atoms with Crippen LogP contribution in [0.25, 0.3) is 0 Å². The number of nitrogens with zero attached hydrogens (tertiary/aromatic N) is 4. The van der Waals surface area contributed by atoms with Crippen LogP contribution in [0.4, 0.5) is 5.69 Å². The van der Waals surface area contributed by atoms with Gasteiger partial charge < -0.3 is 19.3 Å². The van der Waals surface area contributed by atoms with E-state index in [-0.39, 0.29) is 52.9 Å². The van der Waals surface area contributed by atoms with Crippen molar-refractivity contribution in [3.8, 4) is 5.75 Å². The summed E-state index contributed by atoms with van der Waals surface area (Å²) in [6.07, 6.45) is 1.97. The number of likely N-dealkylation sites (N-methyl/N-ethyl adjacent to an activating group) is 1. The molecule has 3 aromatic rings. The van der Waals surface area contributed by atoms with Gasteiger partial charge in [0.25, 0.3) is 20.0 Å². The van der Waals surface area contributed by atoms with E-state index in [1.165, 1.54) is 46.6 Å². The third-order valence-corrected chi connectivity index (χ3v) is 11.2. The van der Waals surface area contributed by atoms with Gasteiger partial charge in [-0.25, -0.2) is 13.4 Å². The number of benzene rings is 1. The highest BCUT2D eigenvalue weighted by Crippen LogP contribution is 2.31. The largest absolute Gasteiger partial charge is 0.488 e. The quantitative estimate of drug-likeness (QED) is 0.372. The number of ether oxygens (including phenoxy) is 1. The van der Waals surface area contributed by atoms with Crippen molar-refractivity contribution in [2.45, 2.75) is 41.6 Å². The van der Waals surface area contributed by atoms with Crippen molar-refractivity contribution in [3.63, 3.8) is 0 Å². The number of hydrogen-bond acceptors (Lipinski definition) is 9. The highest BCUT2D eigenvalue weighted by molar-refractivity contribution is 7.92. The SMILES string of the molecule is C[C@@H]1CN([C@@H](C)CO)C(=O)Cc2cc(NS(=O)(=O)c3cn(C)cn3)ccc2O[C@H]1CN(C)S(=O)(=O)c1cccs1. The second-order valence-corrected chi connectivity index (χ2v) is 14.8. The Kier molecular flexibility index (Phi) is 8.89. The van der Waals surface area contributed by atoms with Crippen LogP contribution in [0, 0.1) is 5.92 Å². The molecule has 1 aliphatic rings. The maximum Gasteiger partial charge on any atom is 0.280 e. The van der Waals surface area contributed by atoms with Crippen LogP contribution in [-0.2, 0) is 38.3 Å². The molecule has 0 bridgehead atoms. The average molecular weight is 612 g/mol. The number of rotatable bonds is 9. The molecule has 0 saturated carbocycles. The van der Waals surface area contributed by atoms with E-state index < -0.39 is 32.2 Å². The molecule has 0 unspecified atom stereocenters. The first-order valence-corrected chi connectivity index (χ1v) is 16.3. The fraction of sp³-hybridized carbons (Fsp3) is 0.440. The van der Waals surface area contributed by atoms with Gasteiger partial charge in [0, 0.05) is 44.0 Å². The minimum atomic E-state index is -3.98. The Morgan fingerprint density at radius 2 is 2.02 bits per heavy atom. The van der Waals surface area contributed by atoms with Crippen molar-refractivity contribution in [1.29, 1.82) is 0 Å². The van der Waals surface area contributed by atoms with Gasteiger partial charge >= 0.3 is 0 Å². The summed E-state index contributed by atoms with van der Waals surface area (Å²) >= 11 is 1.12. The lowest BCUT2D eigenvalue weighted by atomic mass is 10.0. The summed E-state index contributed by atoms with van der Waals surface area (Å²) in [5.41, 5.74) is 0.632. The van der Waals surface area contributed by atoms with Crippen molar-refractivity contribution in [2.75, 3.05) is 31.5 Å². The number of aliphatic hydroxyl groups excluding tert-OH is 1. The maximum atomic E-state index is 13.4. The van der Waals surface area contributed by atoms with E-state index >= 15 is 0 Å². The molecule has 0 spiro atoms. The van der Waals surface area contributed by atoms with Crippen LogP contribution in [0.15, 0.2) is 57.5 Å². The van der Waals surface area contributed by atoms with Crippen LogP contribution in [-0.4, -0.2) is 85.5 Å². The summed E-state index contributed by atoms with van der Waals surface area (Å²) in [5.74, 6) is -0.248. The zero-order valence-corrected chi connectivity index (χ0v) is 25.0. The predicted octanol–water partition coefficient (Wildman–Crippen LogP) is 1.75. The van der Waals surface area contributed by atoms with Gasteiger partial charge in [-0.05, 0) is 36.6 Å². The van der Waals surface area contributed by atoms with E-state index in [2.05, 4.69) is 9.71 Å². The first-order chi connectivity index (χ1) is 18.8. The second kappa shape index (κ2) is 11.9. The summed E-state index contributed by atoms with van der Waals surface area (Å²) < 4.78 is 63.7. The molecule has 12 nitrogen and oxygen atoms in total. The first-order valence-electron chi connectivity index (χ1n) is 12.5. The normalized spacial score (nSPS) is 19.4. The maximum absolute atomic E-state index is 13.4. The molecule has 0 aliphatic carbocycles. The number of aryl methyl sites for hydroxylation is 1. The van der Waals surface area contributed by atoms with E-state index in [0.29, 0.717) is 11.3 Å². The van der Waals surface area contributed by atoms with Gasteiger partial charge in [-0.1, -0.05) is 13.0 Å². The number of aromatic nitrogens is 2. The number of carbonyl (C=O) groups is 1. The van der Waals surface area contributed by atoms with E-state index in [1.54, 1.807) is 36.4 Å². The summed E-state index contributed by atoms with van der Waals surface area (Å²) in [5, 5.41) is 11.4. The van der Waals surface area contributed by atoms with Gasteiger partial charge in [0.05, 0.1) is 31.9 Å². The third kappa shape index (κ3) is 6.49. The van der Waals surface area contributed by atoms with Gasteiger partial charge in [-0.3, -0.25) is 9.52 Å². The first kappa shape index (κ1) is 30.0. The topological polar surface area (TPSA) is 151 Å². The molecule has 3 atom stereocenters. The van der Waals surface area contributed by atoms with E-state index in [0.717, 1.165) is 11.3 Å². The molecule has 40 heavy (non-hydrogen) atoms. The van der Waals surface area contributed by atoms with Crippen molar-refractivity contribution in [1.82, 2.24) is 18.8 Å². The van der Waals surface area contributed by atoms with Crippen molar-refractivity contribution >= 4 is 43.0 Å². The number of fused-ring (bicyclic) bond motifs is 1. The van der Waals surface area contributed by atoms with E-state index in [4.69, 9.17) is 4.74 Å². The highest BCUT2D eigenvalue weighted by Gasteiger charge is 2.34. The molecule has 0 saturated heterocycles. The molecule has 2 N–H and O–H groups in total. The molecule has 1 amide bonds. The molecule has 3 heterocycles. The van der Waals surface area contributed by atoms with Crippen LogP contribution in [0.3, 0.4) is 0 Å². The molecular weight excluding hydrogens is 579 g/mol. The monoisotopic (exact) mass is 611 g/mol. The van der Waals surface area contributed by atoms with Crippen LogP contribution in [0.1, 0.15) is 19.4 Å². The molecule has 0 fully saturated rings. The zero-order chi connectivity index (χ0) is 29.2. The molecule has 4 rings (SSSR count). The number of anilines is 1. The zero-order valence-electron chi connectivity index (χ0n) is 22.6. The lowest BCUT2D eigenvalue weighted by Crippen LogP contribution is -2.48. The van der Waals surface area contributed by atoms with Gasteiger partial charge in [0.15, 0.2) is 5.03 Å². The van der Waals surface area contributed by atoms with Crippen LogP contribution < -0.4 is 9.46 Å². The Morgan fingerprint density at radius 3 is 2.65 bits per heavy atom. The van der Waals surface area contributed by atoms with Crippen LogP contribution >= 0.6 is 11.3 Å². The predicted molar refractivity (Wildman–Crippen MR) is 150 cm³/mol. The van der Waals surface area contributed by atoms with Gasteiger partial charge in [0.1, 0.15) is 16.1 Å². The smallest absolute Gasteiger partial charge is 0.280 e. The Balaban J connectivity index is 1.68. The number of nitrogens with one attached hydrogen (secondary N) is 1. The molecule has 1 aromatic carbocycles. The highest BCUT2D eigenvalue weighted by atomic mass is 32.2. The Labute approximate surface area is 238 Å². The standard InChI is InChI=1S/C25H33N5O7S3/c1-17-12-30(18(2)15-31)24(32)11-19-10-20(27-39(33,34)23-14-28(3)16-26-23)7-8-21(19)37-22(17)13-29(4)40(35,36)25-6-5-9-38-25/h5-10,14,16-18,22,27,31H,11-13,15H2,1-4H3/t17-,18+,22+/m1/s1. The minimum absolute atomic E-state index is 0.00440. The van der Waals surface area contributed by atoms with E-state index in [1.807, 2.05) is 6.92 Å². The lowest BCUT2D eigenvalue weighted by molar-refractivity contribution is -0.134. The number of imidazole rings is 1. The number of thiophene rings is 1. The molecule has 1 aliphatic heterocycles.